The normalized spacial score (nSPS) is 12.2. The SMILES string of the molecule is CCN(CC(C)C(=O)O)C(=O)c1cc(C)c(Br)s1. The topological polar surface area (TPSA) is 57.6 Å². The number of thiophene rings is 1. The van der Waals surface area contributed by atoms with Gasteiger partial charge in [0.15, 0.2) is 0 Å². The van der Waals surface area contributed by atoms with Crippen molar-refractivity contribution in [1.82, 2.24) is 4.90 Å². The highest BCUT2D eigenvalue weighted by Crippen LogP contribution is 2.28. The van der Waals surface area contributed by atoms with Crippen LogP contribution in [0.5, 0.6) is 0 Å². The summed E-state index contributed by atoms with van der Waals surface area (Å²) in [7, 11) is 0. The Morgan fingerprint density at radius 3 is 2.56 bits per heavy atom. The van der Waals surface area contributed by atoms with Crippen LogP contribution in [0.25, 0.3) is 0 Å². The molecule has 0 fully saturated rings. The number of carboxylic acids is 1. The number of halogens is 1. The summed E-state index contributed by atoms with van der Waals surface area (Å²) in [5, 5.41) is 8.88. The second-order valence-corrected chi connectivity index (χ2v) is 6.52. The molecule has 0 aliphatic heterocycles. The first-order valence-corrected chi connectivity index (χ1v) is 7.25. The summed E-state index contributed by atoms with van der Waals surface area (Å²) in [6, 6.07) is 1.82. The number of rotatable bonds is 5. The Morgan fingerprint density at radius 2 is 2.17 bits per heavy atom. The van der Waals surface area contributed by atoms with Gasteiger partial charge in [-0.15, -0.1) is 11.3 Å². The lowest BCUT2D eigenvalue weighted by Crippen LogP contribution is -2.36. The fraction of sp³-hybridized carbons (Fsp3) is 0.500. The Balaban J connectivity index is 2.82. The largest absolute Gasteiger partial charge is 0.481 e. The maximum Gasteiger partial charge on any atom is 0.308 e. The molecule has 1 heterocycles. The number of hydrogen-bond acceptors (Lipinski definition) is 3. The zero-order valence-corrected chi connectivity index (χ0v) is 13.0. The Hall–Kier alpha value is -0.880. The van der Waals surface area contributed by atoms with E-state index in [1.807, 2.05) is 19.9 Å². The molecule has 1 unspecified atom stereocenters. The van der Waals surface area contributed by atoms with Gasteiger partial charge in [0.25, 0.3) is 5.91 Å². The molecule has 1 atom stereocenters. The van der Waals surface area contributed by atoms with Crippen molar-refractivity contribution in [2.24, 2.45) is 5.92 Å². The van der Waals surface area contributed by atoms with Gasteiger partial charge in [0, 0.05) is 13.1 Å². The molecule has 1 N–H and O–H groups in total. The quantitative estimate of drug-likeness (QED) is 0.901. The van der Waals surface area contributed by atoms with Gasteiger partial charge in [0.1, 0.15) is 0 Å². The average molecular weight is 334 g/mol. The van der Waals surface area contributed by atoms with Crippen LogP contribution in [-0.2, 0) is 4.79 Å². The van der Waals surface area contributed by atoms with Crippen molar-refractivity contribution in [3.63, 3.8) is 0 Å². The number of amides is 1. The fourth-order valence-corrected chi connectivity index (χ4v) is 2.99. The second kappa shape index (κ2) is 6.33. The molecule has 1 aromatic heterocycles. The molecule has 0 spiro atoms. The lowest BCUT2D eigenvalue weighted by molar-refractivity contribution is -0.141. The van der Waals surface area contributed by atoms with Crippen molar-refractivity contribution < 1.29 is 14.7 Å². The highest BCUT2D eigenvalue weighted by molar-refractivity contribution is 9.11. The number of carboxylic acid groups (broad SMARTS) is 1. The molecule has 0 aliphatic rings. The molecule has 0 saturated heterocycles. The minimum atomic E-state index is -0.884. The maximum absolute atomic E-state index is 12.2. The first-order valence-electron chi connectivity index (χ1n) is 5.64. The maximum atomic E-state index is 12.2. The highest BCUT2D eigenvalue weighted by atomic mass is 79.9. The monoisotopic (exact) mass is 333 g/mol. The first-order chi connectivity index (χ1) is 8.36. The van der Waals surface area contributed by atoms with E-state index in [2.05, 4.69) is 15.9 Å². The van der Waals surface area contributed by atoms with Gasteiger partial charge in [-0.1, -0.05) is 6.92 Å². The van der Waals surface area contributed by atoms with E-state index in [1.54, 1.807) is 11.8 Å². The van der Waals surface area contributed by atoms with Crippen LogP contribution in [-0.4, -0.2) is 35.0 Å². The number of carbonyl (C=O) groups excluding carboxylic acids is 1. The van der Waals surface area contributed by atoms with Crippen molar-refractivity contribution in [3.8, 4) is 0 Å². The summed E-state index contributed by atoms with van der Waals surface area (Å²) >= 11 is 4.76. The smallest absolute Gasteiger partial charge is 0.308 e. The molecule has 0 bridgehead atoms. The van der Waals surface area contributed by atoms with E-state index in [0.717, 1.165) is 9.35 Å². The Morgan fingerprint density at radius 1 is 1.56 bits per heavy atom. The van der Waals surface area contributed by atoms with Gasteiger partial charge in [-0.05, 0) is 41.4 Å². The van der Waals surface area contributed by atoms with Gasteiger partial charge >= 0.3 is 5.97 Å². The number of aliphatic carboxylic acids is 1. The molecule has 0 radical (unpaired) electrons. The first kappa shape index (κ1) is 15.2. The summed E-state index contributed by atoms with van der Waals surface area (Å²) in [4.78, 5) is 25.3. The van der Waals surface area contributed by atoms with Gasteiger partial charge in [0.2, 0.25) is 0 Å². The lowest BCUT2D eigenvalue weighted by atomic mass is 10.1. The molecule has 1 amide bonds. The Bertz CT molecular complexity index is 439. The van der Waals surface area contributed by atoms with Gasteiger partial charge in [-0.2, -0.15) is 0 Å². The molecule has 1 rings (SSSR count). The average Bonchev–Trinajstić information content (AvgIpc) is 2.65. The van der Waals surface area contributed by atoms with Crippen LogP contribution in [0.15, 0.2) is 9.85 Å². The van der Waals surface area contributed by atoms with Crippen LogP contribution in [0.3, 0.4) is 0 Å². The molecular weight excluding hydrogens is 318 g/mol. The van der Waals surface area contributed by atoms with Crippen LogP contribution in [0.2, 0.25) is 0 Å². The second-order valence-electron chi connectivity index (χ2n) is 4.15. The molecule has 18 heavy (non-hydrogen) atoms. The van der Waals surface area contributed by atoms with Crippen molar-refractivity contribution in [2.75, 3.05) is 13.1 Å². The van der Waals surface area contributed by atoms with Crippen molar-refractivity contribution >= 4 is 39.1 Å². The predicted molar refractivity (Wildman–Crippen MR) is 75.1 cm³/mol. The summed E-state index contributed by atoms with van der Waals surface area (Å²) < 4.78 is 0.938. The van der Waals surface area contributed by atoms with Gasteiger partial charge in [0.05, 0.1) is 14.6 Å². The van der Waals surface area contributed by atoms with Crippen molar-refractivity contribution in [3.05, 3.63) is 20.3 Å². The Kier molecular flexibility index (Phi) is 5.34. The highest BCUT2D eigenvalue weighted by Gasteiger charge is 2.22. The molecule has 0 aromatic carbocycles. The molecule has 6 heteroatoms. The number of carbonyl (C=O) groups is 2. The van der Waals surface area contributed by atoms with Crippen molar-refractivity contribution in [2.45, 2.75) is 20.8 Å². The standard InChI is InChI=1S/C12H16BrNO3S/c1-4-14(6-8(3)12(16)17)11(15)9-5-7(2)10(13)18-9/h5,8H,4,6H2,1-3H3,(H,16,17). The molecule has 0 saturated carbocycles. The molecule has 100 valence electrons. The van der Waals surface area contributed by atoms with Crippen LogP contribution < -0.4 is 0 Å². The third-order valence-corrected chi connectivity index (χ3v) is 4.78. The lowest BCUT2D eigenvalue weighted by Gasteiger charge is -2.22. The van der Waals surface area contributed by atoms with Crippen LogP contribution in [0.1, 0.15) is 29.1 Å². The van der Waals surface area contributed by atoms with Crippen LogP contribution >= 0.6 is 27.3 Å². The van der Waals surface area contributed by atoms with Crippen LogP contribution in [0, 0.1) is 12.8 Å². The van der Waals surface area contributed by atoms with Crippen molar-refractivity contribution in [1.29, 1.82) is 0 Å². The minimum absolute atomic E-state index is 0.107. The summed E-state index contributed by atoms with van der Waals surface area (Å²) in [5.74, 6) is -1.55. The third-order valence-electron chi connectivity index (χ3n) is 2.65. The molecule has 4 nitrogen and oxygen atoms in total. The van der Waals surface area contributed by atoms with E-state index in [9.17, 15) is 9.59 Å². The van der Waals surface area contributed by atoms with E-state index in [-0.39, 0.29) is 12.5 Å². The van der Waals surface area contributed by atoms with E-state index in [4.69, 9.17) is 5.11 Å². The Labute approximate surface area is 119 Å². The van der Waals surface area contributed by atoms with Gasteiger partial charge in [-0.3, -0.25) is 9.59 Å². The molecule has 1 aromatic rings. The summed E-state index contributed by atoms with van der Waals surface area (Å²) in [6.07, 6.45) is 0. The van der Waals surface area contributed by atoms with E-state index < -0.39 is 11.9 Å². The predicted octanol–water partition coefficient (Wildman–Crippen LogP) is 3.00. The molecular formula is C12H16BrNO3S. The zero-order chi connectivity index (χ0) is 13.9. The van der Waals surface area contributed by atoms with Gasteiger partial charge < -0.3 is 10.0 Å². The van der Waals surface area contributed by atoms with E-state index >= 15 is 0 Å². The number of aryl methyl sites for hydroxylation is 1. The summed E-state index contributed by atoms with van der Waals surface area (Å²) in [6.45, 7) is 6.12. The minimum Gasteiger partial charge on any atom is -0.481 e. The summed E-state index contributed by atoms with van der Waals surface area (Å²) in [5.41, 5.74) is 1.02. The fourth-order valence-electron chi connectivity index (χ4n) is 1.49. The zero-order valence-electron chi connectivity index (χ0n) is 10.6. The van der Waals surface area contributed by atoms with Crippen LogP contribution in [0.4, 0.5) is 0 Å². The van der Waals surface area contributed by atoms with E-state index in [1.165, 1.54) is 11.3 Å². The number of nitrogens with zero attached hydrogens (tertiary/aromatic N) is 1. The van der Waals surface area contributed by atoms with Gasteiger partial charge in [-0.25, -0.2) is 0 Å². The third kappa shape index (κ3) is 3.55. The number of hydrogen-bond donors (Lipinski definition) is 1. The van der Waals surface area contributed by atoms with E-state index in [0.29, 0.717) is 11.4 Å². The molecule has 0 aliphatic carbocycles.